The van der Waals surface area contributed by atoms with E-state index in [0.29, 0.717) is 42.7 Å². The average Bonchev–Trinajstić information content (AvgIpc) is 2.81. The van der Waals surface area contributed by atoms with Gasteiger partial charge in [-0.25, -0.2) is 0 Å². The summed E-state index contributed by atoms with van der Waals surface area (Å²) in [4.78, 5) is 40.3. The van der Waals surface area contributed by atoms with Crippen molar-refractivity contribution >= 4 is 17.7 Å². The summed E-state index contributed by atoms with van der Waals surface area (Å²) in [5.41, 5.74) is 1.49. The lowest BCUT2D eigenvalue weighted by Gasteiger charge is -2.29. The van der Waals surface area contributed by atoms with Crippen LogP contribution in [-0.4, -0.2) is 70.7 Å². The number of hydrogen-bond acceptors (Lipinski definition) is 5. The SMILES string of the molecule is CCCN(CCC)C(=O)c1ccc(C)c(C(=O)N[C@@H](CC(C)C)[C@@H](O)[C@H](O)CC(=O)NCC(C)C)c1. The molecule has 0 aliphatic heterocycles. The lowest BCUT2D eigenvalue weighted by atomic mass is 9.93. The molecule has 8 heteroatoms. The third-order valence-corrected chi connectivity index (χ3v) is 5.95. The van der Waals surface area contributed by atoms with Gasteiger partial charge in [0.2, 0.25) is 5.91 Å². The Hall–Kier alpha value is -2.45. The number of aliphatic hydroxyl groups excluding tert-OH is 2. The highest BCUT2D eigenvalue weighted by atomic mass is 16.3. The number of aliphatic hydroxyl groups is 2. The molecule has 0 aromatic heterocycles. The summed E-state index contributed by atoms with van der Waals surface area (Å²) in [6.45, 7) is 15.4. The quantitative estimate of drug-likeness (QED) is 0.292. The van der Waals surface area contributed by atoms with Crippen LogP contribution < -0.4 is 10.6 Å². The number of hydrogen-bond donors (Lipinski definition) is 4. The van der Waals surface area contributed by atoms with Crippen molar-refractivity contribution in [2.75, 3.05) is 19.6 Å². The fourth-order valence-electron chi connectivity index (χ4n) is 4.04. The van der Waals surface area contributed by atoms with E-state index in [-0.39, 0.29) is 30.1 Å². The van der Waals surface area contributed by atoms with Crippen LogP contribution in [0.2, 0.25) is 0 Å². The zero-order valence-corrected chi connectivity index (χ0v) is 23.1. The van der Waals surface area contributed by atoms with Crippen LogP contribution in [0.1, 0.15) is 93.5 Å². The fourth-order valence-corrected chi connectivity index (χ4v) is 4.04. The molecule has 0 radical (unpaired) electrons. The number of rotatable bonds is 15. The first-order valence-electron chi connectivity index (χ1n) is 13.2. The Morgan fingerprint density at radius 1 is 0.972 bits per heavy atom. The van der Waals surface area contributed by atoms with E-state index in [4.69, 9.17) is 0 Å². The number of nitrogens with one attached hydrogen (secondary N) is 2. The predicted molar refractivity (Wildman–Crippen MR) is 143 cm³/mol. The van der Waals surface area contributed by atoms with Crippen LogP contribution in [0.15, 0.2) is 18.2 Å². The Labute approximate surface area is 216 Å². The molecule has 0 unspecified atom stereocenters. The third-order valence-electron chi connectivity index (χ3n) is 5.95. The second-order valence-corrected chi connectivity index (χ2v) is 10.5. The van der Waals surface area contributed by atoms with Gasteiger partial charge in [0, 0.05) is 30.8 Å². The molecule has 204 valence electrons. The molecule has 1 rings (SSSR count). The van der Waals surface area contributed by atoms with Crippen molar-refractivity contribution < 1.29 is 24.6 Å². The lowest BCUT2D eigenvalue weighted by Crippen LogP contribution is -2.50. The molecule has 0 saturated heterocycles. The van der Waals surface area contributed by atoms with Gasteiger partial charge in [-0.1, -0.05) is 47.6 Å². The van der Waals surface area contributed by atoms with Crippen LogP contribution in [0.25, 0.3) is 0 Å². The van der Waals surface area contributed by atoms with Crippen LogP contribution in [0.4, 0.5) is 0 Å². The first-order chi connectivity index (χ1) is 16.9. The van der Waals surface area contributed by atoms with E-state index in [1.807, 2.05) is 41.5 Å². The molecule has 36 heavy (non-hydrogen) atoms. The van der Waals surface area contributed by atoms with Crippen LogP contribution >= 0.6 is 0 Å². The minimum atomic E-state index is -1.33. The monoisotopic (exact) mass is 505 g/mol. The molecule has 0 spiro atoms. The number of aryl methyl sites for hydroxylation is 1. The van der Waals surface area contributed by atoms with Gasteiger partial charge in [-0.05, 0) is 55.7 Å². The molecule has 1 aromatic rings. The highest BCUT2D eigenvalue weighted by Crippen LogP contribution is 2.18. The maximum atomic E-state index is 13.3. The van der Waals surface area contributed by atoms with Crippen molar-refractivity contribution in [3.05, 3.63) is 34.9 Å². The molecule has 1 aromatic carbocycles. The lowest BCUT2D eigenvalue weighted by molar-refractivity contribution is -0.125. The summed E-state index contributed by atoms with van der Waals surface area (Å²) < 4.78 is 0. The van der Waals surface area contributed by atoms with Gasteiger partial charge in [-0.3, -0.25) is 14.4 Å². The zero-order valence-electron chi connectivity index (χ0n) is 23.1. The molecular formula is C28H47N3O5. The first kappa shape index (κ1) is 31.6. The Morgan fingerprint density at radius 2 is 1.58 bits per heavy atom. The van der Waals surface area contributed by atoms with E-state index in [9.17, 15) is 24.6 Å². The van der Waals surface area contributed by atoms with Crippen molar-refractivity contribution in [2.24, 2.45) is 11.8 Å². The van der Waals surface area contributed by atoms with Crippen LogP contribution in [0.5, 0.6) is 0 Å². The second-order valence-electron chi connectivity index (χ2n) is 10.5. The predicted octanol–water partition coefficient (Wildman–Crippen LogP) is 3.29. The maximum Gasteiger partial charge on any atom is 0.253 e. The molecule has 3 atom stereocenters. The number of amides is 3. The number of nitrogens with zero attached hydrogens (tertiary/aromatic N) is 1. The van der Waals surface area contributed by atoms with Gasteiger partial charge in [0.05, 0.1) is 18.6 Å². The van der Waals surface area contributed by atoms with Crippen molar-refractivity contribution in [2.45, 2.75) is 92.4 Å². The van der Waals surface area contributed by atoms with Crippen molar-refractivity contribution in [1.82, 2.24) is 15.5 Å². The summed E-state index contributed by atoms with van der Waals surface area (Å²) in [6, 6.07) is 4.31. The largest absolute Gasteiger partial charge is 0.390 e. The molecule has 0 fully saturated rings. The fraction of sp³-hybridized carbons (Fsp3) is 0.679. The Kier molecular flexibility index (Phi) is 13.7. The molecule has 8 nitrogen and oxygen atoms in total. The number of carbonyl (C=O) groups is 3. The van der Waals surface area contributed by atoms with E-state index in [1.54, 1.807) is 30.0 Å². The van der Waals surface area contributed by atoms with Crippen LogP contribution in [0, 0.1) is 18.8 Å². The topological polar surface area (TPSA) is 119 Å². The summed E-state index contributed by atoms with van der Waals surface area (Å²) in [5, 5.41) is 27.0. The molecule has 0 saturated carbocycles. The summed E-state index contributed by atoms with van der Waals surface area (Å²) >= 11 is 0. The first-order valence-corrected chi connectivity index (χ1v) is 13.2. The smallest absolute Gasteiger partial charge is 0.253 e. The van der Waals surface area contributed by atoms with Gasteiger partial charge >= 0.3 is 0 Å². The van der Waals surface area contributed by atoms with Gasteiger partial charge in [0.1, 0.15) is 6.10 Å². The number of carbonyl (C=O) groups excluding carboxylic acids is 3. The van der Waals surface area contributed by atoms with Gasteiger partial charge < -0.3 is 25.7 Å². The second kappa shape index (κ2) is 15.6. The summed E-state index contributed by atoms with van der Waals surface area (Å²) in [6.07, 6.45) is -0.806. The van der Waals surface area contributed by atoms with Crippen molar-refractivity contribution in [3.8, 4) is 0 Å². The van der Waals surface area contributed by atoms with E-state index in [1.165, 1.54) is 0 Å². The van der Waals surface area contributed by atoms with E-state index in [2.05, 4.69) is 10.6 Å². The standard InChI is InChI=1S/C28H47N3O5/c1-8-12-31(13-9-2)28(36)21-11-10-20(7)22(15-21)27(35)30-23(14-18(3)4)26(34)24(32)16-25(33)29-17-19(5)6/h10-11,15,18-19,23-24,26,32,34H,8-9,12-14,16-17H2,1-7H3,(H,29,33)(H,30,35)/t23-,24+,26+/m0/s1. The Morgan fingerprint density at radius 3 is 2.11 bits per heavy atom. The Balaban J connectivity index is 3.06. The van der Waals surface area contributed by atoms with Gasteiger partial charge in [0.25, 0.3) is 11.8 Å². The van der Waals surface area contributed by atoms with Gasteiger partial charge in [-0.2, -0.15) is 0 Å². The van der Waals surface area contributed by atoms with Gasteiger partial charge in [-0.15, -0.1) is 0 Å². The minimum absolute atomic E-state index is 0.116. The van der Waals surface area contributed by atoms with E-state index < -0.39 is 24.2 Å². The summed E-state index contributed by atoms with van der Waals surface area (Å²) in [7, 11) is 0. The molecule has 0 heterocycles. The van der Waals surface area contributed by atoms with E-state index >= 15 is 0 Å². The normalized spacial score (nSPS) is 13.9. The Bertz CT molecular complexity index is 850. The van der Waals surface area contributed by atoms with Crippen molar-refractivity contribution in [3.63, 3.8) is 0 Å². The molecule has 0 aliphatic carbocycles. The average molecular weight is 506 g/mol. The molecular weight excluding hydrogens is 458 g/mol. The highest BCUT2D eigenvalue weighted by Gasteiger charge is 2.30. The molecule has 0 bridgehead atoms. The minimum Gasteiger partial charge on any atom is -0.390 e. The molecule has 4 N–H and O–H groups in total. The maximum absolute atomic E-state index is 13.3. The van der Waals surface area contributed by atoms with Crippen LogP contribution in [0.3, 0.4) is 0 Å². The van der Waals surface area contributed by atoms with E-state index in [0.717, 1.165) is 12.8 Å². The van der Waals surface area contributed by atoms with Gasteiger partial charge in [0.15, 0.2) is 0 Å². The zero-order chi connectivity index (χ0) is 27.4. The highest BCUT2D eigenvalue weighted by molar-refractivity contribution is 6.00. The van der Waals surface area contributed by atoms with Crippen LogP contribution in [-0.2, 0) is 4.79 Å². The number of benzene rings is 1. The van der Waals surface area contributed by atoms with Crippen molar-refractivity contribution in [1.29, 1.82) is 0 Å². The third kappa shape index (κ3) is 10.3. The molecule has 3 amide bonds. The summed E-state index contributed by atoms with van der Waals surface area (Å²) in [5.74, 6) is -0.505. The molecule has 0 aliphatic rings.